The minimum Gasteiger partial charge on any atom is -0.207 e. The molecule has 0 fully saturated rings. The van der Waals surface area contributed by atoms with Crippen LogP contribution in [0.1, 0.15) is 16.7 Å². The molecule has 1 rings (SSSR count). The van der Waals surface area contributed by atoms with Gasteiger partial charge in [-0.3, -0.25) is 0 Å². The Morgan fingerprint density at radius 3 is 2.22 bits per heavy atom. The van der Waals surface area contributed by atoms with Crippen molar-refractivity contribution in [3.8, 4) is 6.07 Å². The van der Waals surface area contributed by atoms with Crippen molar-refractivity contribution in [1.29, 1.82) is 5.26 Å². The van der Waals surface area contributed by atoms with Gasteiger partial charge in [-0.1, -0.05) is 6.07 Å². The maximum atomic E-state index is 12.7. The van der Waals surface area contributed by atoms with Gasteiger partial charge in [0.1, 0.15) is 11.0 Å². The van der Waals surface area contributed by atoms with E-state index < -0.39 is 31.2 Å². The van der Waals surface area contributed by atoms with Crippen LogP contribution in [-0.2, 0) is 21.1 Å². The standard InChI is InChI=1S/C9H4Cl2F3NO2S/c10-3-5-1-2-7(9(12,13)14)8(6(5)4-15)18(11,16)17/h1-2H,3H2. The molecule has 0 radical (unpaired) electrons. The summed E-state index contributed by atoms with van der Waals surface area (Å²) in [6.07, 6.45) is -4.94. The van der Waals surface area contributed by atoms with Crippen LogP contribution in [0.3, 0.4) is 0 Å². The number of benzene rings is 1. The van der Waals surface area contributed by atoms with E-state index in [-0.39, 0.29) is 11.4 Å². The van der Waals surface area contributed by atoms with Gasteiger partial charge in [-0.15, -0.1) is 11.6 Å². The van der Waals surface area contributed by atoms with Crippen LogP contribution in [0.15, 0.2) is 17.0 Å². The molecule has 0 unspecified atom stereocenters. The zero-order valence-electron chi connectivity index (χ0n) is 8.42. The van der Waals surface area contributed by atoms with Crippen LogP contribution < -0.4 is 0 Å². The summed E-state index contributed by atoms with van der Waals surface area (Å²) in [5, 5.41) is 8.78. The molecule has 1 aromatic carbocycles. The molecule has 18 heavy (non-hydrogen) atoms. The van der Waals surface area contributed by atoms with Crippen molar-refractivity contribution in [2.24, 2.45) is 0 Å². The molecular weight excluding hydrogens is 314 g/mol. The van der Waals surface area contributed by atoms with Crippen LogP contribution in [0.5, 0.6) is 0 Å². The Hall–Kier alpha value is -0.970. The van der Waals surface area contributed by atoms with Crippen LogP contribution in [-0.4, -0.2) is 8.42 Å². The molecule has 98 valence electrons. The van der Waals surface area contributed by atoms with E-state index in [1.54, 1.807) is 0 Å². The van der Waals surface area contributed by atoms with Gasteiger partial charge in [0.25, 0.3) is 9.05 Å². The van der Waals surface area contributed by atoms with Gasteiger partial charge >= 0.3 is 6.18 Å². The van der Waals surface area contributed by atoms with Gasteiger partial charge in [0, 0.05) is 16.6 Å². The molecule has 0 aliphatic heterocycles. The average molecular weight is 318 g/mol. The van der Waals surface area contributed by atoms with Crippen LogP contribution in [0.4, 0.5) is 13.2 Å². The van der Waals surface area contributed by atoms with E-state index in [4.69, 9.17) is 27.5 Å². The molecule has 0 saturated carbocycles. The zero-order chi connectivity index (χ0) is 14.1. The van der Waals surface area contributed by atoms with Gasteiger partial charge in [0.15, 0.2) is 0 Å². The number of rotatable bonds is 2. The lowest BCUT2D eigenvalue weighted by Gasteiger charge is -2.13. The highest BCUT2D eigenvalue weighted by Crippen LogP contribution is 2.38. The number of halogens is 5. The fourth-order valence-corrected chi connectivity index (χ4v) is 2.90. The molecular formula is C9H4Cl2F3NO2S. The van der Waals surface area contributed by atoms with Gasteiger partial charge in [-0.05, 0) is 11.6 Å². The quantitative estimate of drug-likeness (QED) is 0.621. The van der Waals surface area contributed by atoms with Crippen LogP contribution in [0.2, 0.25) is 0 Å². The van der Waals surface area contributed by atoms with Crippen molar-refractivity contribution in [2.75, 3.05) is 0 Å². The molecule has 9 heteroatoms. The molecule has 0 amide bonds. The second-order valence-electron chi connectivity index (χ2n) is 3.16. The van der Waals surface area contributed by atoms with E-state index in [0.29, 0.717) is 6.07 Å². The van der Waals surface area contributed by atoms with Crippen molar-refractivity contribution in [1.82, 2.24) is 0 Å². The first kappa shape index (κ1) is 15.1. The lowest BCUT2D eigenvalue weighted by Crippen LogP contribution is -2.13. The third kappa shape index (κ3) is 2.88. The maximum absolute atomic E-state index is 12.7. The summed E-state index contributed by atoms with van der Waals surface area (Å²) < 4.78 is 60.4. The monoisotopic (exact) mass is 317 g/mol. The first-order valence-corrected chi connectivity index (χ1v) is 7.11. The topological polar surface area (TPSA) is 57.9 Å². The van der Waals surface area contributed by atoms with Gasteiger partial charge in [0.2, 0.25) is 0 Å². The summed E-state index contributed by atoms with van der Waals surface area (Å²) >= 11 is 5.43. The first-order valence-electron chi connectivity index (χ1n) is 4.26. The molecule has 0 aliphatic rings. The second-order valence-corrected chi connectivity index (χ2v) is 5.93. The SMILES string of the molecule is N#Cc1c(CCl)ccc(C(F)(F)F)c1S(=O)(=O)Cl. The zero-order valence-corrected chi connectivity index (χ0v) is 10.8. The lowest BCUT2D eigenvalue weighted by atomic mass is 10.1. The lowest BCUT2D eigenvalue weighted by molar-refractivity contribution is -0.139. The molecule has 0 aliphatic carbocycles. The van der Waals surface area contributed by atoms with E-state index in [2.05, 4.69) is 0 Å². The Balaban J connectivity index is 3.85. The minimum absolute atomic E-state index is 0.0357. The Labute approximate surface area is 110 Å². The van der Waals surface area contributed by atoms with Gasteiger partial charge < -0.3 is 0 Å². The summed E-state index contributed by atoms with van der Waals surface area (Å²) in [7, 11) is 0.240. The first-order chi connectivity index (χ1) is 8.12. The molecule has 0 saturated heterocycles. The summed E-state index contributed by atoms with van der Waals surface area (Å²) in [5.74, 6) is -0.305. The average Bonchev–Trinajstić information content (AvgIpc) is 2.24. The molecule has 3 nitrogen and oxygen atoms in total. The van der Waals surface area contributed by atoms with Gasteiger partial charge in [-0.25, -0.2) is 8.42 Å². The molecule has 0 aromatic heterocycles. The summed E-state index contributed by atoms with van der Waals surface area (Å²) in [6, 6.07) is 2.87. The van der Waals surface area contributed by atoms with Crippen LogP contribution in [0.25, 0.3) is 0 Å². The second kappa shape index (κ2) is 4.96. The Kier molecular flexibility index (Phi) is 4.15. The van der Waals surface area contributed by atoms with E-state index in [9.17, 15) is 21.6 Å². The van der Waals surface area contributed by atoms with Gasteiger partial charge in [-0.2, -0.15) is 18.4 Å². The highest BCUT2D eigenvalue weighted by molar-refractivity contribution is 8.13. The Morgan fingerprint density at radius 1 is 1.33 bits per heavy atom. The van der Waals surface area contributed by atoms with Crippen molar-refractivity contribution in [3.63, 3.8) is 0 Å². The maximum Gasteiger partial charge on any atom is 0.417 e. The van der Waals surface area contributed by atoms with Crippen molar-refractivity contribution < 1.29 is 21.6 Å². The predicted molar refractivity (Wildman–Crippen MR) is 58.8 cm³/mol. The Morgan fingerprint density at radius 2 is 1.89 bits per heavy atom. The van der Waals surface area contributed by atoms with Crippen LogP contribution in [0, 0.1) is 11.3 Å². The number of nitrogens with zero attached hydrogens (tertiary/aromatic N) is 1. The third-order valence-electron chi connectivity index (χ3n) is 2.05. The molecule has 1 aromatic rings. The summed E-state index contributed by atoms with van der Waals surface area (Å²) in [5.41, 5.74) is -2.20. The number of hydrogen-bond acceptors (Lipinski definition) is 3. The largest absolute Gasteiger partial charge is 0.417 e. The predicted octanol–water partition coefficient (Wildman–Crippen LogP) is 3.24. The smallest absolute Gasteiger partial charge is 0.207 e. The molecule has 0 bridgehead atoms. The molecule has 0 N–H and O–H groups in total. The normalized spacial score (nSPS) is 12.2. The van der Waals surface area contributed by atoms with E-state index >= 15 is 0 Å². The van der Waals surface area contributed by atoms with Crippen molar-refractivity contribution in [3.05, 3.63) is 28.8 Å². The molecule has 0 heterocycles. The number of alkyl halides is 4. The van der Waals surface area contributed by atoms with Crippen LogP contribution >= 0.6 is 22.3 Å². The fraction of sp³-hybridized carbons (Fsp3) is 0.222. The highest BCUT2D eigenvalue weighted by atomic mass is 35.7. The van der Waals surface area contributed by atoms with Crippen molar-refractivity contribution >= 4 is 31.3 Å². The van der Waals surface area contributed by atoms with E-state index in [1.165, 1.54) is 6.07 Å². The van der Waals surface area contributed by atoms with Gasteiger partial charge in [0.05, 0.1) is 11.1 Å². The number of hydrogen-bond donors (Lipinski definition) is 0. The number of nitriles is 1. The molecule has 0 atom stereocenters. The van der Waals surface area contributed by atoms with E-state index in [1.807, 2.05) is 0 Å². The summed E-state index contributed by atoms with van der Waals surface area (Å²) in [4.78, 5) is -1.25. The van der Waals surface area contributed by atoms with Crippen molar-refractivity contribution in [2.45, 2.75) is 17.0 Å². The highest BCUT2D eigenvalue weighted by Gasteiger charge is 2.39. The fourth-order valence-electron chi connectivity index (χ4n) is 1.33. The molecule has 0 spiro atoms. The third-order valence-corrected chi connectivity index (χ3v) is 3.71. The summed E-state index contributed by atoms with van der Waals surface area (Å²) in [6.45, 7) is 0. The van der Waals surface area contributed by atoms with E-state index in [0.717, 1.165) is 6.07 Å². The minimum atomic E-state index is -4.94. The Bertz CT molecular complexity index is 620.